The van der Waals surface area contributed by atoms with E-state index in [1.165, 1.54) is 44.2 Å². The predicted octanol–water partition coefficient (Wildman–Crippen LogP) is 6.13. The molecule has 0 N–H and O–H groups in total. The molecule has 0 amide bonds. The lowest BCUT2D eigenvalue weighted by Crippen LogP contribution is -2.05. The highest BCUT2D eigenvalue weighted by molar-refractivity contribution is 6.09. The Morgan fingerprint density at radius 2 is 1.38 bits per heavy atom. The molecule has 1 heteroatoms. The Kier molecular flexibility index (Phi) is 2.90. The first-order valence-corrected chi connectivity index (χ1v) is 8.60. The Hall–Kier alpha value is -2.80. The minimum atomic E-state index is 1.12. The lowest BCUT2D eigenvalue weighted by molar-refractivity contribution is 0.912. The van der Waals surface area contributed by atoms with E-state index in [2.05, 4.69) is 84.3 Å². The maximum absolute atomic E-state index is 2.44. The van der Waals surface area contributed by atoms with Gasteiger partial charge in [0.15, 0.2) is 0 Å². The molecule has 1 heterocycles. The van der Waals surface area contributed by atoms with E-state index in [1.54, 1.807) is 0 Å². The van der Waals surface area contributed by atoms with E-state index in [0.717, 1.165) is 12.8 Å². The van der Waals surface area contributed by atoms with Crippen LogP contribution in [0.5, 0.6) is 0 Å². The molecule has 116 valence electrons. The summed E-state index contributed by atoms with van der Waals surface area (Å²) in [6.07, 6.45) is 4.62. The predicted molar refractivity (Wildman–Crippen MR) is 103 cm³/mol. The van der Waals surface area contributed by atoms with Crippen molar-refractivity contribution in [1.82, 2.24) is 4.57 Å². The van der Waals surface area contributed by atoms with Crippen molar-refractivity contribution < 1.29 is 0 Å². The van der Waals surface area contributed by atoms with Gasteiger partial charge < -0.3 is 4.57 Å². The van der Waals surface area contributed by atoms with Crippen LogP contribution in [0, 0.1) is 0 Å². The second-order valence-electron chi connectivity index (χ2n) is 6.71. The molecule has 4 aromatic rings. The first-order valence-electron chi connectivity index (χ1n) is 8.60. The summed E-state index contributed by atoms with van der Waals surface area (Å²) in [5.74, 6) is 0. The second kappa shape index (κ2) is 5.10. The van der Waals surface area contributed by atoms with E-state index >= 15 is 0 Å². The van der Waals surface area contributed by atoms with Gasteiger partial charge in [0.05, 0.1) is 11.0 Å². The van der Waals surface area contributed by atoms with Crippen molar-refractivity contribution in [2.24, 2.45) is 0 Å². The van der Waals surface area contributed by atoms with Gasteiger partial charge in [-0.15, -0.1) is 0 Å². The molecule has 0 saturated carbocycles. The topological polar surface area (TPSA) is 4.93 Å². The van der Waals surface area contributed by atoms with Crippen LogP contribution >= 0.6 is 0 Å². The van der Waals surface area contributed by atoms with Crippen molar-refractivity contribution in [3.8, 4) is 5.69 Å². The van der Waals surface area contributed by atoms with Gasteiger partial charge in [-0.05, 0) is 49.1 Å². The molecule has 0 spiro atoms. The average molecular weight is 309 g/mol. The smallest absolute Gasteiger partial charge is 0.0541 e. The van der Waals surface area contributed by atoms with Crippen LogP contribution in [0.25, 0.3) is 33.6 Å². The summed E-state index contributed by atoms with van der Waals surface area (Å²) in [5.41, 5.74) is 8.22. The molecule has 0 unspecified atom stereocenters. The summed E-state index contributed by atoms with van der Waals surface area (Å²) < 4.78 is 2.44. The van der Waals surface area contributed by atoms with E-state index in [1.807, 2.05) is 0 Å². The van der Waals surface area contributed by atoms with Gasteiger partial charge in [0, 0.05) is 16.5 Å². The average Bonchev–Trinajstić information content (AvgIpc) is 2.95. The highest BCUT2D eigenvalue weighted by Gasteiger charge is 2.17. The fourth-order valence-electron chi connectivity index (χ4n) is 4.05. The van der Waals surface area contributed by atoms with Gasteiger partial charge in [0.1, 0.15) is 0 Å². The number of nitrogens with zero attached hydrogens (tertiary/aromatic N) is 1. The third-order valence-corrected chi connectivity index (χ3v) is 5.18. The van der Waals surface area contributed by atoms with E-state index < -0.39 is 0 Å². The minimum absolute atomic E-state index is 1.12. The van der Waals surface area contributed by atoms with Crippen LogP contribution in [-0.4, -0.2) is 4.57 Å². The van der Waals surface area contributed by atoms with Crippen molar-refractivity contribution in [1.29, 1.82) is 0 Å². The Labute approximate surface area is 141 Å². The van der Waals surface area contributed by atoms with E-state index in [-0.39, 0.29) is 0 Å². The third-order valence-electron chi connectivity index (χ3n) is 5.18. The fourth-order valence-corrected chi connectivity index (χ4v) is 4.05. The Balaban J connectivity index is 1.92. The van der Waals surface area contributed by atoms with Crippen LogP contribution in [0.2, 0.25) is 0 Å². The zero-order valence-corrected chi connectivity index (χ0v) is 13.8. The van der Waals surface area contributed by atoms with Crippen molar-refractivity contribution in [3.05, 3.63) is 83.4 Å². The number of para-hydroxylation sites is 2. The third kappa shape index (κ3) is 1.88. The van der Waals surface area contributed by atoms with E-state index in [9.17, 15) is 0 Å². The summed E-state index contributed by atoms with van der Waals surface area (Å²) in [4.78, 5) is 0. The monoisotopic (exact) mass is 309 g/mol. The van der Waals surface area contributed by atoms with Gasteiger partial charge in [-0.1, -0.05) is 60.2 Å². The number of fused-ring (bicyclic) bond motifs is 4. The van der Waals surface area contributed by atoms with Crippen molar-refractivity contribution in [2.75, 3.05) is 0 Å². The maximum atomic E-state index is 2.44. The molecule has 1 aliphatic carbocycles. The summed E-state index contributed by atoms with van der Waals surface area (Å²) in [6, 6.07) is 24.2. The summed E-state index contributed by atoms with van der Waals surface area (Å²) in [5, 5.41) is 2.65. The lowest BCUT2D eigenvalue weighted by Gasteiger charge is -2.20. The number of allylic oxidation sites excluding steroid dienone is 1. The number of hydrogen-bond donors (Lipinski definition) is 0. The Morgan fingerprint density at radius 1 is 0.708 bits per heavy atom. The molecule has 0 radical (unpaired) electrons. The number of rotatable bonds is 1. The van der Waals surface area contributed by atoms with E-state index in [4.69, 9.17) is 0 Å². The summed E-state index contributed by atoms with van der Waals surface area (Å²) >= 11 is 0. The Morgan fingerprint density at radius 3 is 2.08 bits per heavy atom. The largest absolute Gasteiger partial charge is 0.309 e. The van der Waals surface area contributed by atoms with Gasteiger partial charge in [-0.3, -0.25) is 0 Å². The van der Waals surface area contributed by atoms with Gasteiger partial charge in [-0.2, -0.15) is 0 Å². The zero-order valence-electron chi connectivity index (χ0n) is 13.8. The standard InChI is InChI=1S/C23H19N/c1-16-13-14-18-17(15-16)7-6-12-21(18)24-22-10-4-2-8-19(22)20-9-3-5-11-23(20)24/h2-12,15H,13-14H2,1H3. The van der Waals surface area contributed by atoms with Crippen molar-refractivity contribution in [2.45, 2.75) is 19.8 Å². The highest BCUT2D eigenvalue weighted by atomic mass is 15.0. The molecule has 0 bridgehead atoms. The number of hydrogen-bond acceptors (Lipinski definition) is 0. The number of aromatic nitrogens is 1. The first kappa shape index (κ1) is 13.6. The number of benzene rings is 3. The van der Waals surface area contributed by atoms with Crippen molar-refractivity contribution in [3.63, 3.8) is 0 Å². The zero-order chi connectivity index (χ0) is 16.1. The first-order chi connectivity index (χ1) is 11.8. The molecular weight excluding hydrogens is 290 g/mol. The normalized spacial score (nSPS) is 14.0. The Bertz CT molecular complexity index is 1060. The second-order valence-corrected chi connectivity index (χ2v) is 6.71. The van der Waals surface area contributed by atoms with Crippen LogP contribution in [-0.2, 0) is 6.42 Å². The van der Waals surface area contributed by atoms with Crippen LogP contribution in [0.4, 0.5) is 0 Å². The summed E-state index contributed by atoms with van der Waals surface area (Å²) in [7, 11) is 0. The molecule has 0 fully saturated rings. The van der Waals surface area contributed by atoms with Gasteiger partial charge in [0.25, 0.3) is 0 Å². The maximum Gasteiger partial charge on any atom is 0.0541 e. The van der Waals surface area contributed by atoms with Crippen molar-refractivity contribution >= 4 is 27.9 Å². The van der Waals surface area contributed by atoms with Crippen LogP contribution in [0.3, 0.4) is 0 Å². The van der Waals surface area contributed by atoms with Gasteiger partial charge >= 0.3 is 0 Å². The quantitative estimate of drug-likeness (QED) is 0.398. The van der Waals surface area contributed by atoms with E-state index in [0.29, 0.717) is 0 Å². The molecule has 1 nitrogen and oxygen atoms in total. The molecule has 0 saturated heterocycles. The molecule has 1 aromatic heterocycles. The molecule has 0 atom stereocenters. The molecular formula is C23H19N. The lowest BCUT2D eigenvalue weighted by atomic mass is 9.91. The molecule has 1 aliphatic rings. The molecule has 5 rings (SSSR count). The van der Waals surface area contributed by atoms with Gasteiger partial charge in [0.2, 0.25) is 0 Å². The molecule has 0 aliphatic heterocycles. The van der Waals surface area contributed by atoms with Crippen LogP contribution in [0.15, 0.2) is 72.3 Å². The highest BCUT2D eigenvalue weighted by Crippen LogP contribution is 2.35. The minimum Gasteiger partial charge on any atom is -0.309 e. The van der Waals surface area contributed by atoms with Gasteiger partial charge in [-0.25, -0.2) is 0 Å². The van der Waals surface area contributed by atoms with Crippen LogP contribution in [0.1, 0.15) is 24.5 Å². The summed E-state index contributed by atoms with van der Waals surface area (Å²) in [6.45, 7) is 2.23. The molecule has 3 aromatic carbocycles. The van der Waals surface area contributed by atoms with Crippen LogP contribution < -0.4 is 0 Å². The SMILES string of the molecule is CC1=Cc2cccc(-n3c4ccccc4c4ccccc43)c2CC1. The fraction of sp³-hybridized carbons (Fsp3) is 0.130. The molecule has 24 heavy (non-hydrogen) atoms.